The molecule has 0 unspecified atom stereocenters. The van der Waals surface area contributed by atoms with E-state index in [1.165, 1.54) is 18.2 Å². The molecule has 3 N–H and O–H groups in total. The van der Waals surface area contributed by atoms with Gasteiger partial charge in [0.25, 0.3) is 0 Å². The van der Waals surface area contributed by atoms with E-state index in [4.69, 9.17) is 10.8 Å². The maximum atomic E-state index is 12.9. The Kier molecular flexibility index (Phi) is 3.37. The summed E-state index contributed by atoms with van der Waals surface area (Å²) in [4.78, 5) is 12.7. The van der Waals surface area contributed by atoms with Gasteiger partial charge in [0.15, 0.2) is 0 Å². The molecule has 2 aromatic rings. The topological polar surface area (TPSA) is 66.6 Å². The molecule has 0 spiro atoms. The first-order valence-electron chi connectivity index (χ1n) is 5.61. The second kappa shape index (κ2) is 4.97. The van der Waals surface area contributed by atoms with Crippen LogP contribution in [0.3, 0.4) is 0 Å². The largest absolute Gasteiger partial charge is 0.478 e. The Bertz CT molecular complexity index is 611. The van der Waals surface area contributed by atoms with Gasteiger partial charge in [-0.05, 0) is 42.5 Å². The molecular formula is C14H13FN2O2. The first kappa shape index (κ1) is 12.9. The van der Waals surface area contributed by atoms with E-state index in [9.17, 15) is 9.18 Å². The lowest BCUT2D eigenvalue weighted by Gasteiger charge is -2.20. The minimum atomic E-state index is -1.06. The zero-order chi connectivity index (χ0) is 14.0. The lowest BCUT2D eigenvalue weighted by atomic mass is 10.1. The van der Waals surface area contributed by atoms with E-state index in [1.54, 1.807) is 36.2 Å². The molecule has 0 heterocycles. The second-order valence-electron chi connectivity index (χ2n) is 4.11. The van der Waals surface area contributed by atoms with Crippen molar-refractivity contribution in [1.29, 1.82) is 0 Å². The summed E-state index contributed by atoms with van der Waals surface area (Å²) in [6, 6.07) is 10.7. The summed E-state index contributed by atoms with van der Waals surface area (Å²) >= 11 is 0. The summed E-state index contributed by atoms with van der Waals surface area (Å²) < 4.78 is 12.9. The Balaban J connectivity index is 2.34. The van der Waals surface area contributed by atoms with Crippen molar-refractivity contribution in [3.8, 4) is 0 Å². The Morgan fingerprint density at radius 3 is 2.26 bits per heavy atom. The molecule has 0 saturated carbocycles. The number of carboxylic acid groups (broad SMARTS) is 1. The molecule has 0 aliphatic carbocycles. The van der Waals surface area contributed by atoms with Gasteiger partial charge in [-0.2, -0.15) is 0 Å². The lowest BCUT2D eigenvalue weighted by molar-refractivity contribution is 0.0698. The molecule has 4 nitrogen and oxygen atoms in total. The number of nitrogens with two attached hydrogens (primary N) is 1. The van der Waals surface area contributed by atoms with Crippen LogP contribution in [0.4, 0.5) is 21.5 Å². The van der Waals surface area contributed by atoms with Crippen molar-refractivity contribution in [2.45, 2.75) is 0 Å². The van der Waals surface area contributed by atoms with Crippen LogP contribution in [0.15, 0.2) is 42.5 Å². The van der Waals surface area contributed by atoms with Crippen LogP contribution < -0.4 is 10.6 Å². The molecule has 5 heteroatoms. The van der Waals surface area contributed by atoms with E-state index >= 15 is 0 Å². The minimum Gasteiger partial charge on any atom is -0.478 e. The molecule has 0 fully saturated rings. The number of nitrogens with zero attached hydrogens (tertiary/aromatic N) is 1. The SMILES string of the molecule is CN(c1ccc(F)cc1)c1ccc(C(=O)O)c(N)c1. The third kappa shape index (κ3) is 2.65. The quantitative estimate of drug-likeness (QED) is 0.833. The van der Waals surface area contributed by atoms with Crippen molar-refractivity contribution in [3.63, 3.8) is 0 Å². The Hall–Kier alpha value is -2.56. The standard InChI is InChI=1S/C14H13FN2O2/c1-17(10-4-2-9(15)3-5-10)11-6-7-12(14(18)19)13(16)8-11/h2-8H,16H2,1H3,(H,18,19). The third-order valence-electron chi connectivity index (χ3n) is 2.87. The minimum absolute atomic E-state index is 0.0660. The van der Waals surface area contributed by atoms with Crippen molar-refractivity contribution < 1.29 is 14.3 Å². The number of halogens is 1. The normalized spacial score (nSPS) is 10.2. The molecule has 0 saturated heterocycles. The van der Waals surface area contributed by atoms with Crippen LogP contribution in [0.1, 0.15) is 10.4 Å². The maximum Gasteiger partial charge on any atom is 0.337 e. The molecule has 0 aliphatic rings. The number of aromatic carboxylic acids is 1. The van der Waals surface area contributed by atoms with Crippen molar-refractivity contribution >= 4 is 23.0 Å². The number of hydrogen-bond acceptors (Lipinski definition) is 3. The molecule has 98 valence electrons. The molecule has 0 aliphatic heterocycles. The number of carboxylic acids is 1. The molecule has 0 radical (unpaired) electrons. The molecule has 0 atom stereocenters. The number of benzene rings is 2. The van der Waals surface area contributed by atoms with Crippen LogP contribution in [-0.4, -0.2) is 18.1 Å². The van der Waals surface area contributed by atoms with Gasteiger partial charge in [-0.25, -0.2) is 9.18 Å². The van der Waals surface area contributed by atoms with Crippen molar-refractivity contribution in [2.75, 3.05) is 17.7 Å². The van der Waals surface area contributed by atoms with Gasteiger partial charge >= 0.3 is 5.97 Å². The summed E-state index contributed by atoms with van der Waals surface area (Å²) in [5, 5.41) is 8.91. The van der Waals surface area contributed by atoms with Gasteiger partial charge in [-0.15, -0.1) is 0 Å². The fourth-order valence-corrected chi connectivity index (χ4v) is 1.77. The zero-order valence-corrected chi connectivity index (χ0v) is 10.3. The van der Waals surface area contributed by atoms with E-state index in [0.29, 0.717) is 0 Å². The number of rotatable bonds is 3. The van der Waals surface area contributed by atoms with Gasteiger partial charge in [-0.3, -0.25) is 0 Å². The maximum absolute atomic E-state index is 12.9. The highest BCUT2D eigenvalue weighted by Crippen LogP contribution is 2.27. The smallest absolute Gasteiger partial charge is 0.337 e. The average molecular weight is 260 g/mol. The molecule has 0 amide bonds. The van der Waals surface area contributed by atoms with Gasteiger partial charge in [0.2, 0.25) is 0 Å². The van der Waals surface area contributed by atoms with Gasteiger partial charge < -0.3 is 15.7 Å². The first-order chi connectivity index (χ1) is 8.99. The molecule has 19 heavy (non-hydrogen) atoms. The van der Waals surface area contributed by atoms with Crippen molar-refractivity contribution in [3.05, 3.63) is 53.8 Å². The number of anilines is 3. The number of hydrogen-bond donors (Lipinski definition) is 2. The zero-order valence-electron chi connectivity index (χ0n) is 10.3. The molecular weight excluding hydrogens is 247 g/mol. The summed E-state index contributed by atoms with van der Waals surface area (Å²) in [7, 11) is 1.79. The fourth-order valence-electron chi connectivity index (χ4n) is 1.77. The fraction of sp³-hybridized carbons (Fsp3) is 0.0714. The van der Waals surface area contributed by atoms with Crippen LogP contribution >= 0.6 is 0 Å². The van der Waals surface area contributed by atoms with E-state index in [2.05, 4.69) is 0 Å². The number of carbonyl (C=O) groups is 1. The predicted octanol–water partition coefficient (Wildman–Crippen LogP) is 2.87. The highest BCUT2D eigenvalue weighted by atomic mass is 19.1. The third-order valence-corrected chi connectivity index (χ3v) is 2.87. The second-order valence-corrected chi connectivity index (χ2v) is 4.11. The number of nitrogen functional groups attached to an aromatic ring is 1. The van der Waals surface area contributed by atoms with Crippen molar-refractivity contribution in [2.24, 2.45) is 0 Å². The Labute approximate surface area is 109 Å². The average Bonchev–Trinajstić information content (AvgIpc) is 2.38. The van der Waals surface area contributed by atoms with E-state index < -0.39 is 5.97 Å². The highest BCUT2D eigenvalue weighted by molar-refractivity contribution is 5.94. The summed E-state index contributed by atoms with van der Waals surface area (Å²) in [5.41, 5.74) is 7.47. The van der Waals surface area contributed by atoms with Crippen LogP contribution in [0.25, 0.3) is 0 Å². The van der Waals surface area contributed by atoms with Crippen LogP contribution in [-0.2, 0) is 0 Å². The molecule has 0 aromatic heterocycles. The van der Waals surface area contributed by atoms with Crippen LogP contribution in [0, 0.1) is 5.82 Å². The summed E-state index contributed by atoms with van der Waals surface area (Å²) in [6.07, 6.45) is 0. The lowest BCUT2D eigenvalue weighted by Crippen LogP contribution is -2.11. The van der Waals surface area contributed by atoms with Gasteiger partial charge in [-0.1, -0.05) is 0 Å². The highest BCUT2D eigenvalue weighted by Gasteiger charge is 2.10. The molecule has 2 aromatic carbocycles. The summed E-state index contributed by atoms with van der Waals surface area (Å²) in [6.45, 7) is 0. The van der Waals surface area contributed by atoms with E-state index in [0.717, 1.165) is 11.4 Å². The van der Waals surface area contributed by atoms with Gasteiger partial charge in [0.1, 0.15) is 5.82 Å². The Morgan fingerprint density at radius 2 is 1.74 bits per heavy atom. The first-order valence-corrected chi connectivity index (χ1v) is 5.61. The Morgan fingerprint density at radius 1 is 1.16 bits per heavy atom. The van der Waals surface area contributed by atoms with Gasteiger partial charge in [0, 0.05) is 24.1 Å². The van der Waals surface area contributed by atoms with Crippen LogP contribution in [0.2, 0.25) is 0 Å². The van der Waals surface area contributed by atoms with Crippen molar-refractivity contribution in [1.82, 2.24) is 0 Å². The predicted molar refractivity (Wildman–Crippen MR) is 72.3 cm³/mol. The monoisotopic (exact) mass is 260 g/mol. The molecule has 2 rings (SSSR count). The summed E-state index contributed by atoms with van der Waals surface area (Å²) in [5.74, 6) is -1.37. The molecule has 0 bridgehead atoms. The van der Waals surface area contributed by atoms with E-state index in [-0.39, 0.29) is 17.1 Å². The van der Waals surface area contributed by atoms with E-state index in [1.807, 2.05) is 0 Å². The van der Waals surface area contributed by atoms with Gasteiger partial charge in [0.05, 0.1) is 5.56 Å². The van der Waals surface area contributed by atoms with Crippen LogP contribution in [0.5, 0.6) is 0 Å².